The fourth-order valence-corrected chi connectivity index (χ4v) is 2.67. The van der Waals surface area contributed by atoms with Gasteiger partial charge >= 0.3 is 0 Å². The van der Waals surface area contributed by atoms with Gasteiger partial charge in [0.05, 0.1) is 12.6 Å². The highest BCUT2D eigenvalue weighted by molar-refractivity contribution is 9.10. The van der Waals surface area contributed by atoms with Gasteiger partial charge in [-0.25, -0.2) is 0 Å². The van der Waals surface area contributed by atoms with Gasteiger partial charge in [-0.15, -0.1) is 0 Å². The lowest BCUT2D eigenvalue weighted by Gasteiger charge is -2.19. The second kappa shape index (κ2) is 6.91. The molecule has 0 aromatic heterocycles. The predicted molar refractivity (Wildman–Crippen MR) is 87.1 cm³/mol. The van der Waals surface area contributed by atoms with Crippen molar-refractivity contribution in [1.29, 1.82) is 0 Å². The molecule has 3 heteroatoms. The average molecular weight is 334 g/mol. The standard InChI is InChI=1S/C17H20BrNO/c1-3-11-20-15-10-5-4-8-13(15)17(19)14-9-6-7-12(2)16(14)18/h4-10,17H,3,11,19H2,1-2H3. The zero-order valence-electron chi connectivity index (χ0n) is 11.9. The Balaban J connectivity index is 2.38. The Morgan fingerprint density at radius 2 is 1.80 bits per heavy atom. The van der Waals surface area contributed by atoms with Gasteiger partial charge < -0.3 is 10.5 Å². The van der Waals surface area contributed by atoms with Crippen molar-refractivity contribution in [3.63, 3.8) is 0 Å². The summed E-state index contributed by atoms with van der Waals surface area (Å²) in [6.45, 7) is 4.87. The zero-order chi connectivity index (χ0) is 14.5. The van der Waals surface area contributed by atoms with Gasteiger partial charge in [-0.05, 0) is 30.5 Å². The van der Waals surface area contributed by atoms with E-state index in [1.165, 1.54) is 5.56 Å². The molecule has 2 aromatic rings. The molecule has 106 valence electrons. The molecular formula is C17H20BrNO. The van der Waals surface area contributed by atoms with E-state index in [0.29, 0.717) is 6.61 Å². The van der Waals surface area contributed by atoms with Gasteiger partial charge in [-0.2, -0.15) is 0 Å². The van der Waals surface area contributed by atoms with Crippen LogP contribution in [0.1, 0.15) is 36.1 Å². The van der Waals surface area contributed by atoms with Gasteiger partial charge in [-0.3, -0.25) is 0 Å². The van der Waals surface area contributed by atoms with E-state index < -0.39 is 0 Å². The third-order valence-electron chi connectivity index (χ3n) is 3.27. The molecule has 20 heavy (non-hydrogen) atoms. The molecule has 0 aliphatic carbocycles. The van der Waals surface area contributed by atoms with E-state index in [2.05, 4.69) is 41.9 Å². The Bertz CT molecular complexity index is 583. The van der Waals surface area contributed by atoms with Crippen molar-refractivity contribution in [1.82, 2.24) is 0 Å². The largest absolute Gasteiger partial charge is 0.493 e. The molecule has 1 atom stereocenters. The maximum Gasteiger partial charge on any atom is 0.124 e. The maximum atomic E-state index is 6.45. The summed E-state index contributed by atoms with van der Waals surface area (Å²) in [5.74, 6) is 0.871. The van der Waals surface area contributed by atoms with Crippen LogP contribution in [0.25, 0.3) is 0 Å². The number of halogens is 1. The highest BCUT2D eigenvalue weighted by atomic mass is 79.9. The number of rotatable bonds is 5. The number of hydrogen-bond donors (Lipinski definition) is 1. The number of para-hydroxylation sites is 1. The molecule has 2 rings (SSSR count). The van der Waals surface area contributed by atoms with Crippen molar-refractivity contribution in [2.75, 3.05) is 6.61 Å². The number of aryl methyl sites for hydroxylation is 1. The van der Waals surface area contributed by atoms with Gasteiger partial charge in [-0.1, -0.05) is 59.3 Å². The number of benzene rings is 2. The Morgan fingerprint density at radius 1 is 1.10 bits per heavy atom. The first-order chi connectivity index (χ1) is 9.65. The van der Waals surface area contributed by atoms with E-state index in [9.17, 15) is 0 Å². The minimum Gasteiger partial charge on any atom is -0.493 e. The summed E-state index contributed by atoms with van der Waals surface area (Å²) in [7, 11) is 0. The predicted octanol–water partition coefficient (Wildman–Crippen LogP) is 4.59. The smallest absolute Gasteiger partial charge is 0.124 e. The van der Waals surface area contributed by atoms with Gasteiger partial charge in [0, 0.05) is 10.0 Å². The lowest BCUT2D eigenvalue weighted by atomic mass is 9.97. The minimum atomic E-state index is -0.197. The zero-order valence-corrected chi connectivity index (χ0v) is 13.5. The second-order valence-electron chi connectivity index (χ2n) is 4.84. The highest BCUT2D eigenvalue weighted by Gasteiger charge is 2.17. The Morgan fingerprint density at radius 3 is 2.55 bits per heavy atom. The third kappa shape index (κ3) is 3.22. The van der Waals surface area contributed by atoms with Gasteiger partial charge in [0.15, 0.2) is 0 Å². The first kappa shape index (κ1) is 15.1. The van der Waals surface area contributed by atoms with E-state index in [0.717, 1.165) is 27.8 Å². The van der Waals surface area contributed by atoms with Crippen molar-refractivity contribution in [2.45, 2.75) is 26.3 Å². The molecule has 0 amide bonds. The van der Waals surface area contributed by atoms with Crippen LogP contribution in [0.2, 0.25) is 0 Å². The molecule has 0 saturated heterocycles. The van der Waals surface area contributed by atoms with Crippen molar-refractivity contribution in [3.05, 3.63) is 63.6 Å². The first-order valence-electron chi connectivity index (χ1n) is 6.87. The topological polar surface area (TPSA) is 35.2 Å². The van der Waals surface area contributed by atoms with Crippen LogP contribution in [0.4, 0.5) is 0 Å². The molecule has 1 unspecified atom stereocenters. The molecule has 0 radical (unpaired) electrons. The fraction of sp³-hybridized carbons (Fsp3) is 0.294. The molecule has 0 aliphatic heterocycles. The molecule has 0 saturated carbocycles. The number of hydrogen-bond acceptors (Lipinski definition) is 2. The van der Waals surface area contributed by atoms with Crippen LogP contribution in [-0.4, -0.2) is 6.61 Å². The lowest BCUT2D eigenvalue weighted by Crippen LogP contribution is -2.14. The molecule has 0 bridgehead atoms. The van der Waals surface area contributed by atoms with E-state index in [1.54, 1.807) is 0 Å². The van der Waals surface area contributed by atoms with Crippen molar-refractivity contribution >= 4 is 15.9 Å². The quantitative estimate of drug-likeness (QED) is 0.868. The average Bonchev–Trinajstić information content (AvgIpc) is 2.47. The Labute approximate surface area is 129 Å². The highest BCUT2D eigenvalue weighted by Crippen LogP contribution is 2.33. The van der Waals surface area contributed by atoms with E-state index >= 15 is 0 Å². The normalized spacial score (nSPS) is 12.2. The SMILES string of the molecule is CCCOc1ccccc1C(N)c1cccc(C)c1Br. The minimum absolute atomic E-state index is 0.197. The summed E-state index contributed by atoms with van der Waals surface area (Å²) in [4.78, 5) is 0. The fourth-order valence-electron chi connectivity index (χ4n) is 2.16. The van der Waals surface area contributed by atoms with Crippen molar-refractivity contribution in [3.8, 4) is 5.75 Å². The first-order valence-corrected chi connectivity index (χ1v) is 7.66. The molecule has 0 heterocycles. The van der Waals surface area contributed by atoms with E-state index in [1.807, 2.05) is 30.3 Å². The van der Waals surface area contributed by atoms with Crippen LogP contribution < -0.4 is 10.5 Å². The molecule has 2 N–H and O–H groups in total. The van der Waals surface area contributed by atoms with Gasteiger partial charge in [0.2, 0.25) is 0 Å². The molecule has 0 fully saturated rings. The lowest BCUT2D eigenvalue weighted by molar-refractivity contribution is 0.313. The summed E-state index contributed by atoms with van der Waals surface area (Å²) in [6.07, 6.45) is 0.984. The number of ether oxygens (including phenoxy) is 1. The van der Waals surface area contributed by atoms with E-state index in [-0.39, 0.29) is 6.04 Å². The summed E-state index contributed by atoms with van der Waals surface area (Å²) in [5.41, 5.74) is 9.74. The van der Waals surface area contributed by atoms with Crippen LogP contribution in [0.3, 0.4) is 0 Å². The number of nitrogens with two attached hydrogens (primary N) is 1. The van der Waals surface area contributed by atoms with Crippen LogP contribution in [0.15, 0.2) is 46.9 Å². The molecule has 0 aliphatic rings. The van der Waals surface area contributed by atoms with Crippen LogP contribution in [0.5, 0.6) is 5.75 Å². The van der Waals surface area contributed by atoms with Gasteiger partial charge in [0.1, 0.15) is 5.75 Å². The summed E-state index contributed by atoms with van der Waals surface area (Å²) in [6, 6.07) is 13.9. The van der Waals surface area contributed by atoms with E-state index in [4.69, 9.17) is 10.5 Å². The van der Waals surface area contributed by atoms with Crippen LogP contribution in [-0.2, 0) is 0 Å². The van der Waals surface area contributed by atoms with Crippen molar-refractivity contribution in [2.24, 2.45) is 5.73 Å². The Kier molecular flexibility index (Phi) is 5.21. The Hall–Kier alpha value is -1.32. The van der Waals surface area contributed by atoms with Crippen LogP contribution in [0, 0.1) is 6.92 Å². The van der Waals surface area contributed by atoms with Crippen molar-refractivity contribution < 1.29 is 4.74 Å². The molecule has 2 nitrogen and oxygen atoms in total. The maximum absolute atomic E-state index is 6.45. The van der Waals surface area contributed by atoms with Gasteiger partial charge in [0.25, 0.3) is 0 Å². The summed E-state index contributed by atoms with van der Waals surface area (Å²) < 4.78 is 6.87. The molecule has 0 spiro atoms. The third-order valence-corrected chi connectivity index (χ3v) is 4.36. The second-order valence-corrected chi connectivity index (χ2v) is 5.64. The monoisotopic (exact) mass is 333 g/mol. The molecule has 2 aromatic carbocycles. The molecular weight excluding hydrogens is 314 g/mol. The summed E-state index contributed by atoms with van der Waals surface area (Å²) in [5, 5.41) is 0. The van der Waals surface area contributed by atoms with Crippen LogP contribution >= 0.6 is 15.9 Å². The summed E-state index contributed by atoms with van der Waals surface area (Å²) >= 11 is 3.63.